The summed E-state index contributed by atoms with van der Waals surface area (Å²) in [5, 5.41) is 13.6. The van der Waals surface area contributed by atoms with Crippen molar-refractivity contribution in [2.24, 2.45) is 21.7 Å². The highest BCUT2D eigenvalue weighted by molar-refractivity contribution is 5.87. The molecule has 0 aliphatic heterocycles. The maximum atomic E-state index is 12.8. The predicted octanol–water partition coefficient (Wildman–Crippen LogP) is 1.63. The second-order valence-electron chi connectivity index (χ2n) is 9.29. The Morgan fingerprint density at radius 2 is 1.29 bits per heavy atom. The molecule has 0 saturated heterocycles. The van der Waals surface area contributed by atoms with E-state index in [0.717, 1.165) is 19.3 Å². The van der Waals surface area contributed by atoms with Gasteiger partial charge in [0.2, 0.25) is 5.91 Å². The third-order valence-electron chi connectivity index (χ3n) is 6.04. The van der Waals surface area contributed by atoms with Crippen LogP contribution in [-0.4, -0.2) is 17.9 Å². The number of carboxylic acid groups (broad SMARTS) is 1. The van der Waals surface area contributed by atoms with Crippen LogP contribution < -0.4 is 10.4 Å². The van der Waals surface area contributed by atoms with Gasteiger partial charge in [0.25, 0.3) is 0 Å². The molecule has 4 nitrogen and oxygen atoms in total. The molecule has 21 heavy (non-hydrogen) atoms. The molecule has 4 aliphatic rings. The SMILES string of the molecule is C[C@H](NC(=O)C12CC3(C)CC(C)(CC(C)(C3)C1)C2)C(=O)[O-]. The summed E-state index contributed by atoms with van der Waals surface area (Å²) in [4.78, 5) is 23.8. The molecule has 118 valence electrons. The van der Waals surface area contributed by atoms with Gasteiger partial charge in [-0.3, -0.25) is 4.79 Å². The molecule has 0 unspecified atom stereocenters. The fourth-order valence-corrected chi connectivity index (χ4v) is 6.94. The molecule has 4 aliphatic carbocycles. The van der Waals surface area contributed by atoms with E-state index in [9.17, 15) is 14.7 Å². The van der Waals surface area contributed by atoms with Crippen molar-refractivity contribution >= 4 is 11.9 Å². The highest BCUT2D eigenvalue weighted by Gasteiger charge is 2.66. The van der Waals surface area contributed by atoms with E-state index in [4.69, 9.17) is 0 Å². The molecule has 0 aromatic rings. The van der Waals surface area contributed by atoms with Crippen LogP contribution in [0.15, 0.2) is 0 Å². The van der Waals surface area contributed by atoms with Gasteiger partial charge in [-0.05, 0) is 61.7 Å². The predicted molar refractivity (Wildman–Crippen MR) is 77.1 cm³/mol. The van der Waals surface area contributed by atoms with E-state index in [0.29, 0.717) is 0 Å². The molecule has 0 aromatic carbocycles. The molecule has 1 N–H and O–H groups in total. The van der Waals surface area contributed by atoms with Crippen LogP contribution in [0.25, 0.3) is 0 Å². The number of carbonyl (C=O) groups is 2. The average molecular weight is 292 g/mol. The maximum absolute atomic E-state index is 12.8. The summed E-state index contributed by atoms with van der Waals surface area (Å²) in [6, 6.07) is -0.918. The van der Waals surface area contributed by atoms with Crippen molar-refractivity contribution < 1.29 is 14.7 Å². The minimum Gasteiger partial charge on any atom is -0.548 e. The van der Waals surface area contributed by atoms with Gasteiger partial charge in [0.05, 0.1) is 17.4 Å². The molecule has 1 atom stereocenters. The summed E-state index contributed by atoms with van der Waals surface area (Å²) in [5.41, 5.74) is 0.289. The Morgan fingerprint density at radius 1 is 0.905 bits per heavy atom. The van der Waals surface area contributed by atoms with E-state index < -0.39 is 12.0 Å². The van der Waals surface area contributed by atoms with E-state index >= 15 is 0 Å². The van der Waals surface area contributed by atoms with Crippen molar-refractivity contribution in [1.82, 2.24) is 5.32 Å². The summed E-state index contributed by atoms with van der Waals surface area (Å²) < 4.78 is 0. The van der Waals surface area contributed by atoms with E-state index in [1.54, 1.807) is 0 Å². The Kier molecular flexibility index (Phi) is 2.84. The summed E-state index contributed by atoms with van der Waals surface area (Å²) in [6.07, 6.45) is 6.28. The molecule has 4 bridgehead atoms. The monoisotopic (exact) mass is 292 g/mol. The van der Waals surface area contributed by atoms with Crippen LogP contribution in [0.5, 0.6) is 0 Å². The van der Waals surface area contributed by atoms with E-state index in [2.05, 4.69) is 26.1 Å². The van der Waals surface area contributed by atoms with Gasteiger partial charge < -0.3 is 15.2 Å². The number of amides is 1. The van der Waals surface area contributed by atoms with Crippen LogP contribution in [0.4, 0.5) is 0 Å². The van der Waals surface area contributed by atoms with Crippen molar-refractivity contribution in [3.05, 3.63) is 0 Å². The fraction of sp³-hybridized carbons (Fsp3) is 0.882. The van der Waals surface area contributed by atoms with Gasteiger partial charge in [-0.1, -0.05) is 20.8 Å². The largest absolute Gasteiger partial charge is 0.548 e. The van der Waals surface area contributed by atoms with Crippen LogP contribution >= 0.6 is 0 Å². The van der Waals surface area contributed by atoms with Crippen LogP contribution in [0, 0.1) is 21.7 Å². The summed E-state index contributed by atoms with van der Waals surface area (Å²) >= 11 is 0. The summed E-state index contributed by atoms with van der Waals surface area (Å²) in [7, 11) is 0. The normalized spacial score (nSPS) is 49.0. The third kappa shape index (κ3) is 2.27. The third-order valence-corrected chi connectivity index (χ3v) is 6.04. The lowest BCUT2D eigenvalue weighted by Crippen LogP contribution is -2.64. The Morgan fingerprint density at radius 3 is 1.62 bits per heavy atom. The lowest BCUT2D eigenvalue weighted by Gasteiger charge is -2.68. The van der Waals surface area contributed by atoms with Gasteiger partial charge in [0, 0.05) is 0 Å². The Bertz CT molecular complexity index is 459. The highest BCUT2D eigenvalue weighted by Crippen LogP contribution is 2.73. The quantitative estimate of drug-likeness (QED) is 0.859. The highest BCUT2D eigenvalue weighted by atomic mass is 16.4. The zero-order valence-electron chi connectivity index (χ0n) is 13.5. The first kappa shape index (κ1) is 14.9. The van der Waals surface area contributed by atoms with E-state index in [1.807, 2.05) is 0 Å². The van der Waals surface area contributed by atoms with Crippen LogP contribution in [0.2, 0.25) is 0 Å². The number of hydrogen-bond acceptors (Lipinski definition) is 3. The Hall–Kier alpha value is -1.06. The first-order valence-electron chi connectivity index (χ1n) is 8.01. The Balaban J connectivity index is 1.91. The van der Waals surface area contributed by atoms with Crippen molar-refractivity contribution in [2.75, 3.05) is 0 Å². The van der Waals surface area contributed by atoms with Gasteiger partial charge in [0.1, 0.15) is 0 Å². The first-order chi connectivity index (χ1) is 9.49. The Labute approximate surface area is 126 Å². The topological polar surface area (TPSA) is 69.2 Å². The minimum atomic E-state index is -1.21. The van der Waals surface area contributed by atoms with Crippen LogP contribution in [0.1, 0.15) is 66.2 Å². The molecule has 4 fully saturated rings. The van der Waals surface area contributed by atoms with Crippen LogP contribution in [0.3, 0.4) is 0 Å². The number of hydrogen-bond donors (Lipinski definition) is 1. The standard InChI is InChI=1S/C17H27NO3/c1-11(12(19)20)18-13(21)17-8-14(2)5-15(3,9-17)7-16(4,6-14)10-17/h11H,5-10H2,1-4H3,(H,18,21)(H,19,20)/p-1/t11-,14?,15?,16?,17?/m0/s1. The number of rotatable bonds is 3. The van der Waals surface area contributed by atoms with Crippen molar-refractivity contribution in [3.63, 3.8) is 0 Å². The zero-order chi connectivity index (χ0) is 15.7. The second kappa shape index (κ2) is 4.02. The number of nitrogens with one attached hydrogen (secondary N) is 1. The van der Waals surface area contributed by atoms with Crippen molar-refractivity contribution in [2.45, 2.75) is 72.3 Å². The summed E-state index contributed by atoms with van der Waals surface area (Å²) in [6.45, 7) is 8.42. The van der Waals surface area contributed by atoms with E-state index in [1.165, 1.54) is 26.2 Å². The van der Waals surface area contributed by atoms with Crippen molar-refractivity contribution in [3.8, 4) is 0 Å². The smallest absolute Gasteiger partial charge is 0.226 e. The maximum Gasteiger partial charge on any atom is 0.226 e. The van der Waals surface area contributed by atoms with Gasteiger partial charge >= 0.3 is 0 Å². The molecule has 0 radical (unpaired) electrons. The minimum absolute atomic E-state index is 0.0676. The molecule has 0 heterocycles. The van der Waals surface area contributed by atoms with Crippen LogP contribution in [-0.2, 0) is 9.59 Å². The molecule has 4 rings (SSSR count). The van der Waals surface area contributed by atoms with Gasteiger partial charge in [-0.15, -0.1) is 0 Å². The van der Waals surface area contributed by atoms with Gasteiger partial charge in [-0.2, -0.15) is 0 Å². The average Bonchev–Trinajstić information content (AvgIpc) is 2.21. The molecular formula is C17H26NO3-. The van der Waals surface area contributed by atoms with Crippen molar-refractivity contribution in [1.29, 1.82) is 0 Å². The van der Waals surface area contributed by atoms with Gasteiger partial charge in [0.15, 0.2) is 0 Å². The lowest BCUT2D eigenvalue weighted by molar-refractivity contribution is -0.308. The fourth-order valence-electron chi connectivity index (χ4n) is 6.94. The first-order valence-corrected chi connectivity index (χ1v) is 8.01. The number of carboxylic acids is 1. The number of aliphatic carboxylic acids is 1. The molecule has 1 amide bonds. The number of carbonyl (C=O) groups excluding carboxylic acids is 2. The molecule has 4 heteroatoms. The molecule has 4 saturated carbocycles. The zero-order valence-corrected chi connectivity index (χ0v) is 13.5. The molecule has 0 spiro atoms. The molecular weight excluding hydrogens is 266 g/mol. The molecule has 0 aromatic heterocycles. The summed E-state index contributed by atoms with van der Waals surface area (Å²) in [5.74, 6) is -1.28. The van der Waals surface area contributed by atoms with Gasteiger partial charge in [-0.25, -0.2) is 0 Å². The second-order valence-corrected chi connectivity index (χ2v) is 9.29. The van der Waals surface area contributed by atoms with E-state index in [-0.39, 0.29) is 27.6 Å². The lowest BCUT2D eigenvalue weighted by atomic mass is 9.36.